The minimum absolute atomic E-state index is 0.0208. The molecule has 25 heavy (non-hydrogen) atoms. The molecule has 0 aliphatic heterocycles. The number of pyridine rings is 1. The average Bonchev–Trinajstić information content (AvgIpc) is 3.28. The Morgan fingerprint density at radius 3 is 2.92 bits per heavy atom. The van der Waals surface area contributed by atoms with Crippen molar-refractivity contribution in [1.82, 2.24) is 20.1 Å². The van der Waals surface area contributed by atoms with Crippen molar-refractivity contribution in [3.63, 3.8) is 0 Å². The molecule has 1 N–H and O–H groups in total. The molecular weight excluding hydrogens is 319 g/mol. The monoisotopic (exact) mass is 336 g/mol. The average molecular weight is 336 g/mol. The van der Waals surface area contributed by atoms with Crippen LogP contribution in [0.3, 0.4) is 0 Å². The van der Waals surface area contributed by atoms with Crippen molar-refractivity contribution in [1.29, 1.82) is 0 Å². The van der Waals surface area contributed by atoms with Crippen LogP contribution in [0.15, 0.2) is 65.6 Å². The van der Waals surface area contributed by atoms with E-state index in [1.807, 2.05) is 25.1 Å². The Hall–Kier alpha value is -2.99. The summed E-state index contributed by atoms with van der Waals surface area (Å²) in [5, 5.41) is 8.39. The maximum Gasteiger partial charge on any atom is 0.149 e. The summed E-state index contributed by atoms with van der Waals surface area (Å²) in [6.45, 7) is 2.55. The summed E-state index contributed by atoms with van der Waals surface area (Å²) in [4.78, 5) is 4.08. The number of hydrogen-bond acceptors (Lipinski definition) is 4. The Morgan fingerprint density at radius 2 is 2.16 bits per heavy atom. The topological polar surface area (TPSA) is 55.9 Å². The summed E-state index contributed by atoms with van der Waals surface area (Å²) < 4.78 is 21.6. The molecule has 6 heteroatoms. The smallest absolute Gasteiger partial charge is 0.149 e. The number of furan rings is 1. The fraction of sp³-hybridized carbons (Fsp3) is 0.158. The highest BCUT2D eigenvalue weighted by molar-refractivity contribution is 5.76. The second kappa shape index (κ2) is 6.49. The van der Waals surface area contributed by atoms with Crippen LogP contribution in [-0.2, 0) is 6.54 Å². The maximum atomic E-state index is 14.4. The molecule has 126 valence electrons. The van der Waals surface area contributed by atoms with E-state index in [9.17, 15) is 4.39 Å². The first kappa shape index (κ1) is 15.5. The van der Waals surface area contributed by atoms with Gasteiger partial charge in [-0.25, -0.2) is 9.07 Å². The van der Waals surface area contributed by atoms with Gasteiger partial charge in [-0.05, 0) is 42.8 Å². The molecule has 0 aliphatic rings. The van der Waals surface area contributed by atoms with E-state index in [1.165, 1.54) is 10.7 Å². The number of hydrogen-bond donors (Lipinski definition) is 1. The van der Waals surface area contributed by atoms with Crippen molar-refractivity contribution in [2.75, 3.05) is 0 Å². The van der Waals surface area contributed by atoms with Gasteiger partial charge in [-0.15, -0.1) is 0 Å². The Morgan fingerprint density at radius 1 is 1.24 bits per heavy atom. The standard InChI is InChI=1S/C19H17FN4O/c1-13(22-12-16-9-15-11-21-7-5-19(15)25-16)14-3-4-18(17(20)10-14)24-8-2-6-23-24/h2-11,13,22H,12H2,1H3/t13-/m0/s1. The number of nitrogens with one attached hydrogen (secondary N) is 1. The molecule has 0 unspecified atom stereocenters. The van der Waals surface area contributed by atoms with E-state index in [2.05, 4.69) is 15.4 Å². The lowest BCUT2D eigenvalue weighted by atomic mass is 10.1. The minimum atomic E-state index is -0.301. The van der Waals surface area contributed by atoms with Crippen molar-refractivity contribution >= 4 is 11.0 Å². The summed E-state index contributed by atoms with van der Waals surface area (Å²) in [6.07, 6.45) is 6.82. The molecule has 4 rings (SSSR count). The molecule has 0 saturated heterocycles. The Kier molecular flexibility index (Phi) is 4.03. The van der Waals surface area contributed by atoms with E-state index >= 15 is 0 Å². The van der Waals surface area contributed by atoms with Gasteiger partial charge in [0.1, 0.15) is 22.8 Å². The van der Waals surface area contributed by atoms with Crippen LogP contribution in [0.1, 0.15) is 24.3 Å². The van der Waals surface area contributed by atoms with E-state index in [0.717, 1.165) is 22.3 Å². The predicted molar refractivity (Wildman–Crippen MR) is 92.8 cm³/mol. The highest BCUT2D eigenvalue weighted by Gasteiger charge is 2.11. The number of fused-ring (bicyclic) bond motifs is 1. The summed E-state index contributed by atoms with van der Waals surface area (Å²) in [5.74, 6) is 0.521. The molecule has 1 aromatic carbocycles. The molecule has 0 spiro atoms. The van der Waals surface area contributed by atoms with Crippen LogP contribution in [0.25, 0.3) is 16.7 Å². The van der Waals surface area contributed by atoms with Crippen LogP contribution >= 0.6 is 0 Å². The first-order valence-corrected chi connectivity index (χ1v) is 8.06. The molecular formula is C19H17FN4O. The molecule has 3 heterocycles. The molecule has 0 fully saturated rings. The second-order valence-corrected chi connectivity index (χ2v) is 5.89. The SMILES string of the molecule is C[C@H](NCc1cc2cnccc2o1)c1ccc(-n2cccn2)c(F)c1. The fourth-order valence-corrected chi connectivity index (χ4v) is 2.79. The van der Waals surface area contributed by atoms with E-state index in [0.29, 0.717) is 12.2 Å². The van der Waals surface area contributed by atoms with Gasteiger partial charge in [0.05, 0.1) is 6.54 Å². The molecule has 3 aromatic heterocycles. The third-order valence-electron chi connectivity index (χ3n) is 4.17. The minimum Gasteiger partial charge on any atom is -0.460 e. The normalized spacial score (nSPS) is 12.6. The molecule has 5 nitrogen and oxygen atoms in total. The molecule has 0 aliphatic carbocycles. The highest BCUT2D eigenvalue weighted by atomic mass is 19.1. The largest absolute Gasteiger partial charge is 0.460 e. The van der Waals surface area contributed by atoms with Crippen LogP contribution in [0.4, 0.5) is 4.39 Å². The Bertz CT molecular complexity index is 961. The molecule has 0 radical (unpaired) electrons. The van der Waals surface area contributed by atoms with Gasteiger partial charge < -0.3 is 9.73 Å². The predicted octanol–water partition coefficient (Wildman–Crippen LogP) is 4.00. The maximum absolute atomic E-state index is 14.4. The van der Waals surface area contributed by atoms with Crippen LogP contribution < -0.4 is 5.32 Å². The van der Waals surface area contributed by atoms with Crippen molar-refractivity contribution in [3.05, 3.63) is 78.3 Å². The second-order valence-electron chi connectivity index (χ2n) is 5.89. The zero-order valence-corrected chi connectivity index (χ0v) is 13.7. The van der Waals surface area contributed by atoms with Crippen molar-refractivity contribution in [3.8, 4) is 5.69 Å². The molecule has 0 saturated carbocycles. The van der Waals surface area contributed by atoms with Gasteiger partial charge >= 0.3 is 0 Å². The lowest BCUT2D eigenvalue weighted by molar-refractivity contribution is 0.481. The van der Waals surface area contributed by atoms with Gasteiger partial charge in [0.15, 0.2) is 0 Å². The number of aromatic nitrogens is 3. The summed E-state index contributed by atoms with van der Waals surface area (Å²) >= 11 is 0. The van der Waals surface area contributed by atoms with Gasteiger partial charge in [0.25, 0.3) is 0 Å². The quantitative estimate of drug-likeness (QED) is 0.598. The number of benzene rings is 1. The van der Waals surface area contributed by atoms with Crippen molar-refractivity contribution in [2.24, 2.45) is 0 Å². The van der Waals surface area contributed by atoms with E-state index in [-0.39, 0.29) is 11.9 Å². The lowest BCUT2D eigenvalue weighted by Crippen LogP contribution is -2.18. The number of nitrogens with zero attached hydrogens (tertiary/aromatic N) is 3. The van der Waals surface area contributed by atoms with Gasteiger partial charge in [-0.1, -0.05) is 6.07 Å². The van der Waals surface area contributed by atoms with Gasteiger partial charge in [0, 0.05) is 36.2 Å². The summed E-state index contributed by atoms with van der Waals surface area (Å²) in [5.41, 5.74) is 2.12. The molecule has 0 bridgehead atoms. The van der Waals surface area contributed by atoms with Gasteiger partial charge in [-0.3, -0.25) is 4.98 Å². The zero-order valence-electron chi connectivity index (χ0n) is 13.7. The Labute approximate surface area is 144 Å². The van der Waals surface area contributed by atoms with E-state index in [1.54, 1.807) is 36.9 Å². The third-order valence-corrected chi connectivity index (χ3v) is 4.17. The van der Waals surface area contributed by atoms with Crippen LogP contribution in [0, 0.1) is 5.82 Å². The third kappa shape index (κ3) is 3.16. The van der Waals surface area contributed by atoms with Crippen LogP contribution in [0.2, 0.25) is 0 Å². The summed E-state index contributed by atoms with van der Waals surface area (Å²) in [7, 11) is 0. The fourth-order valence-electron chi connectivity index (χ4n) is 2.79. The first-order valence-electron chi connectivity index (χ1n) is 8.06. The van der Waals surface area contributed by atoms with E-state index in [4.69, 9.17) is 4.42 Å². The Balaban J connectivity index is 1.47. The van der Waals surface area contributed by atoms with Crippen molar-refractivity contribution in [2.45, 2.75) is 19.5 Å². The summed E-state index contributed by atoms with van der Waals surface area (Å²) in [6, 6.07) is 10.7. The number of rotatable bonds is 5. The molecule has 1 atom stereocenters. The van der Waals surface area contributed by atoms with Gasteiger partial charge in [0.2, 0.25) is 0 Å². The molecule has 0 amide bonds. The van der Waals surface area contributed by atoms with Crippen molar-refractivity contribution < 1.29 is 8.81 Å². The highest BCUT2D eigenvalue weighted by Crippen LogP contribution is 2.21. The zero-order chi connectivity index (χ0) is 17.2. The van der Waals surface area contributed by atoms with Gasteiger partial charge in [-0.2, -0.15) is 5.10 Å². The lowest BCUT2D eigenvalue weighted by Gasteiger charge is -2.14. The van der Waals surface area contributed by atoms with Crippen LogP contribution in [-0.4, -0.2) is 14.8 Å². The number of halogens is 1. The van der Waals surface area contributed by atoms with E-state index < -0.39 is 0 Å². The first-order chi connectivity index (χ1) is 12.2. The molecule has 4 aromatic rings. The van der Waals surface area contributed by atoms with Crippen LogP contribution in [0.5, 0.6) is 0 Å².